The molecule has 1 amide bonds. The summed E-state index contributed by atoms with van der Waals surface area (Å²) in [6, 6.07) is 6.96. The normalized spacial score (nSPS) is 14.6. The van der Waals surface area contributed by atoms with Crippen LogP contribution >= 0.6 is 0 Å². The third-order valence-corrected chi connectivity index (χ3v) is 3.18. The minimum absolute atomic E-state index is 0.142. The van der Waals surface area contributed by atoms with Crippen molar-refractivity contribution in [2.45, 2.75) is 39.8 Å². The minimum atomic E-state index is -0.537. The van der Waals surface area contributed by atoms with E-state index in [4.69, 9.17) is 10.5 Å². The highest BCUT2D eigenvalue weighted by Gasteiger charge is 2.28. The zero-order chi connectivity index (χ0) is 14.6. The minimum Gasteiger partial charge on any atom is -0.496 e. The van der Waals surface area contributed by atoms with Crippen LogP contribution in [0.25, 0.3) is 0 Å². The molecule has 0 unspecified atom stereocenters. The first-order chi connectivity index (χ1) is 8.77. The lowest BCUT2D eigenvalue weighted by Crippen LogP contribution is -2.49. The monoisotopic (exact) mass is 264 g/mol. The Hall–Kier alpha value is -1.55. The standard InChI is InChI=1S/C15H24N2O2/c1-10(11-8-6-7-9-12(11)19-5)17-14(18)13(16)15(2,3)4/h6-10,13H,16H2,1-5H3,(H,17,18)/t10-,13+/m1/s1. The SMILES string of the molecule is COc1ccccc1[C@@H](C)NC(=O)[C@H](N)C(C)(C)C. The van der Waals surface area contributed by atoms with Crippen molar-refractivity contribution in [2.75, 3.05) is 7.11 Å². The fourth-order valence-electron chi connectivity index (χ4n) is 1.80. The summed E-state index contributed by atoms with van der Waals surface area (Å²) in [6.07, 6.45) is 0. The number of nitrogens with two attached hydrogens (primary N) is 1. The van der Waals surface area contributed by atoms with Crippen molar-refractivity contribution in [3.63, 3.8) is 0 Å². The van der Waals surface area contributed by atoms with Crippen LogP contribution in [0.5, 0.6) is 5.75 Å². The fourth-order valence-corrected chi connectivity index (χ4v) is 1.80. The molecule has 1 rings (SSSR count). The van der Waals surface area contributed by atoms with Gasteiger partial charge in [0.1, 0.15) is 5.75 Å². The molecule has 0 fully saturated rings. The molecular formula is C15H24N2O2. The highest BCUT2D eigenvalue weighted by atomic mass is 16.5. The maximum atomic E-state index is 12.1. The smallest absolute Gasteiger partial charge is 0.237 e. The summed E-state index contributed by atoms with van der Waals surface area (Å²) in [4.78, 5) is 12.1. The van der Waals surface area contributed by atoms with E-state index in [-0.39, 0.29) is 17.4 Å². The first kappa shape index (κ1) is 15.5. The van der Waals surface area contributed by atoms with E-state index in [9.17, 15) is 4.79 Å². The number of hydrogen-bond donors (Lipinski definition) is 2. The molecule has 4 heteroatoms. The highest BCUT2D eigenvalue weighted by molar-refractivity contribution is 5.82. The average molecular weight is 264 g/mol. The van der Waals surface area contributed by atoms with Gasteiger partial charge in [-0.1, -0.05) is 39.0 Å². The number of nitrogens with one attached hydrogen (secondary N) is 1. The molecule has 1 aromatic rings. The molecule has 0 aliphatic heterocycles. The number of methoxy groups -OCH3 is 1. The van der Waals surface area contributed by atoms with Gasteiger partial charge in [-0.3, -0.25) is 4.79 Å². The summed E-state index contributed by atoms with van der Waals surface area (Å²) in [6.45, 7) is 7.77. The summed E-state index contributed by atoms with van der Waals surface area (Å²) in [5.41, 5.74) is 6.63. The van der Waals surface area contributed by atoms with Crippen LogP contribution in [0.3, 0.4) is 0 Å². The molecular weight excluding hydrogens is 240 g/mol. The van der Waals surface area contributed by atoms with Gasteiger partial charge in [0.05, 0.1) is 19.2 Å². The Morgan fingerprint density at radius 3 is 2.42 bits per heavy atom. The lowest BCUT2D eigenvalue weighted by molar-refractivity contribution is -0.125. The van der Waals surface area contributed by atoms with Gasteiger partial charge in [0.25, 0.3) is 0 Å². The van der Waals surface area contributed by atoms with Gasteiger partial charge < -0.3 is 15.8 Å². The van der Waals surface area contributed by atoms with Crippen LogP contribution in [0.1, 0.15) is 39.3 Å². The van der Waals surface area contributed by atoms with Crippen molar-refractivity contribution in [1.82, 2.24) is 5.32 Å². The van der Waals surface area contributed by atoms with Crippen molar-refractivity contribution in [1.29, 1.82) is 0 Å². The fraction of sp³-hybridized carbons (Fsp3) is 0.533. The topological polar surface area (TPSA) is 64.3 Å². The van der Waals surface area contributed by atoms with Gasteiger partial charge in [-0.05, 0) is 18.4 Å². The van der Waals surface area contributed by atoms with Gasteiger partial charge in [0, 0.05) is 5.56 Å². The van der Waals surface area contributed by atoms with Crippen LogP contribution in [0.4, 0.5) is 0 Å². The predicted molar refractivity (Wildman–Crippen MR) is 77.0 cm³/mol. The van der Waals surface area contributed by atoms with Crippen LogP contribution in [0.2, 0.25) is 0 Å². The van der Waals surface area contributed by atoms with Gasteiger partial charge in [0.2, 0.25) is 5.91 Å². The molecule has 0 heterocycles. The first-order valence-corrected chi connectivity index (χ1v) is 6.46. The second kappa shape index (κ2) is 6.06. The Balaban J connectivity index is 2.80. The lowest BCUT2D eigenvalue weighted by atomic mass is 9.86. The van der Waals surface area contributed by atoms with Crippen molar-refractivity contribution >= 4 is 5.91 Å². The molecule has 3 N–H and O–H groups in total. The molecule has 19 heavy (non-hydrogen) atoms. The Morgan fingerprint density at radius 2 is 1.89 bits per heavy atom. The molecule has 0 aliphatic carbocycles. The molecule has 0 aliphatic rings. The second-order valence-corrected chi connectivity index (χ2v) is 5.82. The molecule has 0 saturated heterocycles. The van der Waals surface area contributed by atoms with E-state index in [0.29, 0.717) is 0 Å². The first-order valence-electron chi connectivity index (χ1n) is 6.46. The second-order valence-electron chi connectivity index (χ2n) is 5.82. The Kier molecular flexibility index (Phi) is 4.95. The quantitative estimate of drug-likeness (QED) is 0.876. The highest BCUT2D eigenvalue weighted by Crippen LogP contribution is 2.25. The molecule has 0 bridgehead atoms. The van der Waals surface area contributed by atoms with Crippen molar-refractivity contribution in [2.24, 2.45) is 11.1 Å². The maximum absolute atomic E-state index is 12.1. The molecule has 0 spiro atoms. The summed E-state index contributed by atoms with van der Waals surface area (Å²) < 4.78 is 5.29. The van der Waals surface area contributed by atoms with E-state index >= 15 is 0 Å². The average Bonchev–Trinajstić information content (AvgIpc) is 2.36. The number of benzene rings is 1. The molecule has 0 radical (unpaired) electrons. The zero-order valence-electron chi connectivity index (χ0n) is 12.4. The van der Waals surface area contributed by atoms with Crippen LogP contribution in [-0.4, -0.2) is 19.1 Å². The number of carbonyl (C=O) groups is 1. The van der Waals surface area contributed by atoms with Gasteiger partial charge in [-0.15, -0.1) is 0 Å². The third kappa shape index (κ3) is 3.96. The van der Waals surface area contributed by atoms with Crippen molar-refractivity contribution < 1.29 is 9.53 Å². The number of hydrogen-bond acceptors (Lipinski definition) is 3. The summed E-state index contributed by atoms with van der Waals surface area (Å²) >= 11 is 0. The van der Waals surface area contributed by atoms with Gasteiger partial charge in [-0.2, -0.15) is 0 Å². The maximum Gasteiger partial charge on any atom is 0.237 e. The number of ether oxygens (including phenoxy) is 1. The van der Waals surface area contributed by atoms with E-state index < -0.39 is 6.04 Å². The zero-order valence-corrected chi connectivity index (χ0v) is 12.4. The number of para-hydroxylation sites is 1. The molecule has 2 atom stereocenters. The van der Waals surface area contributed by atoms with E-state index in [1.165, 1.54) is 0 Å². The summed E-state index contributed by atoms with van der Waals surface area (Å²) in [5.74, 6) is 0.616. The van der Waals surface area contributed by atoms with Crippen LogP contribution < -0.4 is 15.8 Å². The summed E-state index contributed by atoms with van der Waals surface area (Å²) in [7, 11) is 1.62. The third-order valence-electron chi connectivity index (χ3n) is 3.18. The predicted octanol–water partition coefficient (Wildman–Crippen LogP) is 2.25. The van der Waals surface area contributed by atoms with Gasteiger partial charge in [0.15, 0.2) is 0 Å². The van der Waals surface area contributed by atoms with Crippen LogP contribution in [0, 0.1) is 5.41 Å². The molecule has 1 aromatic carbocycles. The number of rotatable bonds is 4. The molecule has 4 nitrogen and oxygen atoms in total. The van der Waals surface area contributed by atoms with Gasteiger partial charge >= 0.3 is 0 Å². The largest absolute Gasteiger partial charge is 0.496 e. The van der Waals surface area contributed by atoms with Crippen molar-refractivity contribution in [3.8, 4) is 5.75 Å². The summed E-state index contributed by atoms with van der Waals surface area (Å²) in [5, 5.41) is 2.93. The lowest BCUT2D eigenvalue weighted by Gasteiger charge is -2.27. The molecule has 0 saturated carbocycles. The molecule has 106 valence electrons. The van der Waals surface area contributed by atoms with E-state index in [1.807, 2.05) is 52.0 Å². The number of carbonyl (C=O) groups excluding carboxylic acids is 1. The van der Waals surface area contributed by atoms with E-state index in [0.717, 1.165) is 11.3 Å². The van der Waals surface area contributed by atoms with E-state index in [2.05, 4.69) is 5.32 Å². The Labute approximate surface area is 115 Å². The van der Waals surface area contributed by atoms with Crippen LogP contribution in [-0.2, 0) is 4.79 Å². The van der Waals surface area contributed by atoms with Crippen LogP contribution in [0.15, 0.2) is 24.3 Å². The number of amides is 1. The Bertz CT molecular complexity index is 438. The van der Waals surface area contributed by atoms with E-state index in [1.54, 1.807) is 7.11 Å². The van der Waals surface area contributed by atoms with Gasteiger partial charge in [-0.25, -0.2) is 0 Å². The molecule has 0 aromatic heterocycles. The van der Waals surface area contributed by atoms with Crippen molar-refractivity contribution in [3.05, 3.63) is 29.8 Å². The Morgan fingerprint density at radius 1 is 1.32 bits per heavy atom.